The average Bonchev–Trinajstić information content (AvgIpc) is 2.89. The third-order valence-electron chi connectivity index (χ3n) is 7.02. The Balaban J connectivity index is 1.61. The second kappa shape index (κ2) is 9.95. The van der Waals surface area contributed by atoms with E-state index in [1.165, 1.54) is 12.1 Å². The molecule has 2 unspecified atom stereocenters. The molecule has 3 aromatic rings. The lowest BCUT2D eigenvalue weighted by atomic mass is 9.72. The Morgan fingerprint density at radius 1 is 0.865 bits per heavy atom. The largest absolute Gasteiger partial charge is 0.494 e. The summed E-state index contributed by atoms with van der Waals surface area (Å²) in [6, 6.07) is 23.3. The zero-order chi connectivity index (χ0) is 26.2. The Kier molecular flexibility index (Phi) is 6.70. The number of Topliss-reactive ketones (excluding diaryl/α,β-unsaturated/α-hetero) is 1. The van der Waals surface area contributed by atoms with Gasteiger partial charge in [-0.3, -0.25) is 14.5 Å². The van der Waals surface area contributed by atoms with Crippen LogP contribution in [-0.4, -0.2) is 26.7 Å². The van der Waals surface area contributed by atoms with Crippen LogP contribution in [0.2, 0.25) is 0 Å². The van der Waals surface area contributed by atoms with Gasteiger partial charge < -0.3 is 4.74 Å². The Morgan fingerprint density at radius 2 is 1.54 bits per heavy atom. The summed E-state index contributed by atoms with van der Waals surface area (Å²) in [4.78, 5) is 28.9. The van der Waals surface area contributed by atoms with Crippen molar-refractivity contribution >= 4 is 27.4 Å². The molecule has 1 aliphatic carbocycles. The fourth-order valence-electron chi connectivity index (χ4n) is 5.33. The highest BCUT2D eigenvalue weighted by Crippen LogP contribution is 2.47. The normalized spacial score (nSPS) is 20.1. The number of nitrogens with zero attached hydrogens (tertiary/aromatic N) is 1. The summed E-state index contributed by atoms with van der Waals surface area (Å²) in [5, 5.41) is 5.26. The minimum atomic E-state index is -3.87. The zero-order valence-corrected chi connectivity index (χ0v) is 21.3. The Labute approximate surface area is 216 Å². The van der Waals surface area contributed by atoms with Crippen LogP contribution in [0.4, 0.5) is 5.69 Å². The maximum Gasteiger partial charge on any atom is 0.238 e. The number of carbonyl (C=O) groups excluding carboxylic acids is 2. The topological polar surface area (TPSA) is 107 Å². The predicted octanol–water partition coefficient (Wildman–Crippen LogP) is 4.65. The van der Waals surface area contributed by atoms with Crippen LogP contribution in [0.5, 0.6) is 5.75 Å². The van der Waals surface area contributed by atoms with Gasteiger partial charge in [0.05, 0.1) is 11.5 Å². The Hall–Kier alpha value is -3.75. The van der Waals surface area contributed by atoms with E-state index in [0.717, 1.165) is 16.9 Å². The second-order valence-electron chi connectivity index (χ2n) is 9.33. The highest BCUT2D eigenvalue weighted by molar-refractivity contribution is 7.89. The van der Waals surface area contributed by atoms with Crippen LogP contribution in [0.25, 0.3) is 0 Å². The summed E-state index contributed by atoms with van der Waals surface area (Å²) >= 11 is 0. The number of rotatable bonds is 6. The summed E-state index contributed by atoms with van der Waals surface area (Å²) in [6.45, 7) is 2.47. The summed E-state index contributed by atoms with van der Waals surface area (Å²) in [7, 11) is -3.87. The zero-order valence-electron chi connectivity index (χ0n) is 20.5. The van der Waals surface area contributed by atoms with Gasteiger partial charge in [0, 0.05) is 35.7 Å². The molecule has 5 rings (SSSR count). The number of anilines is 1. The van der Waals surface area contributed by atoms with Gasteiger partial charge in [-0.25, -0.2) is 13.6 Å². The molecule has 2 N–H and O–H groups in total. The highest BCUT2D eigenvalue weighted by Gasteiger charge is 2.42. The number of benzene rings is 3. The van der Waals surface area contributed by atoms with E-state index in [9.17, 15) is 18.0 Å². The molecular weight excluding hydrogens is 488 g/mol. The molecule has 8 heteroatoms. The van der Waals surface area contributed by atoms with Gasteiger partial charge in [-0.1, -0.05) is 42.5 Å². The van der Waals surface area contributed by atoms with Crippen molar-refractivity contribution in [2.45, 2.75) is 42.9 Å². The molecule has 0 saturated carbocycles. The number of ether oxygens (including phenoxy) is 1. The first-order valence-electron chi connectivity index (χ1n) is 12.3. The van der Waals surface area contributed by atoms with Gasteiger partial charge >= 0.3 is 0 Å². The van der Waals surface area contributed by atoms with Crippen molar-refractivity contribution in [1.82, 2.24) is 0 Å². The molecule has 0 fully saturated rings. The van der Waals surface area contributed by atoms with Crippen LogP contribution < -0.4 is 14.8 Å². The molecule has 0 saturated heterocycles. The number of carbonyl (C=O) groups is 2. The molecule has 1 aliphatic heterocycles. The van der Waals surface area contributed by atoms with Crippen LogP contribution in [0, 0.1) is 0 Å². The van der Waals surface area contributed by atoms with Gasteiger partial charge in [0.25, 0.3) is 0 Å². The number of nitrogens with two attached hydrogens (primary N) is 1. The first-order valence-corrected chi connectivity index (χ1v) is 13.8. The van der Waals surface area contributed by atoms with Gasteiger partial charge in [0.1, 0.15) is 5.75 Å². The fraction of sp³-hybridized carbons (Fsp3) is 0.241. The lowest BCUT2D eigenvalue weighted by Gasteiger charge is -2.40. The summed E-state index contributed by atoms with van der Waals surface area (Å²) in [5.41, 5.74) is 3.76. The lowest BCUT2D eigenvalue weighted by molar-refractivity contribution is -0.120. The molecule has 2 atom stereocenters. The lowest BCUT2D eigenvalue weighted by Crippen LogP contribution is -2.41. The highest BCUT2D eigenvalue weighted by atomic mass is 32.2. The van der Waals surface area contributed by atoms with Crippen molar-refractivity contribution in [3.8, 4) is 5.75 Å². The van der Waals surface area contributed by atoms with E-state index in [0.29, 0.717) is 36.4 Å². The minimum Gasteiger partial charge on any atom is -0.494 e. The molecule has 37 heavy (non-hydrogen) atoms. The SMILES string of the molecule is CCOc1ccc(C2CC(=O)N(c3ccc(S(N)(=O)=O)cc3)C3=C2C(=O)CC(c2ccccc2)C3)cc1. The van der Waals surface area contributed by atoms with E-state index < -0.39 is 10.0 Å². The number of ketones is 1. The Bertz CT molecular complexity index is 1460. The third kappa shape index (κ3) is 4.95. The molecule has 0 bridgehead atoms. The van der Waals surface area contributed by atoms with Crippen LogP contribution in [0.15, 0.2) is 95.0 Å². The van der Waals surface area contributed by atoms with E-state index in [1.54, 1.807) is 17.0 Å². The number of amides is 1. The average molecular weight is 517 g/mol. The monoisotopic (exact) mass is 516 g/mol. The van der Waals surface area contributed by atoms with Gasteiger partial charge in [-0.05, 0) is 66.8 Å². The molecule has 0 aromatic heterocycles. The quantitative estimate of drug-likeness (QED) is 0.513. The van der Waals surface area contributed by atoms with Crippen molar-refractivity contribution in [2.75, 3.05) is 11.5 Å². The summed E-state index contributed by atoms with van der Waals surface area (Å²) in [6.07, 6.45) is 1.01. The minimum absolute atomic E-state index is 0.0210. The van der Waals surface area contributed by atoms with Crippen molar-refractivity contribution in [2.24, 2.45) is 5.14 Å². The van der Waals surface area contributed by atoms with Crippen LogP contribution in [0.3, 0.4) is 0 Å². The molecule has 1 heterocycles. The number of allylic oxidation sites excluding steroid dienone is 2. The second-order valence-corrected chi connectivity index (χ2v) is 10.9. The van der Waals surface area contributed by atoms with Gasteiger partial charge in [-0.2, -0.15) is 0 Å². The van der Waals surface area contributed by atoms with E-state index in [2.05, 4.69) is 0 Å². The Morgan fingerprint density at radius 3 is 2.16 bits per heavy atom. The number of primary sulfonamides is 1. The van der Waals surface area contributed by atoms with Crippen LogP contribution in [0.1, 0.15) is 49.1 Å². The smallest absolute Gasteiger partial charge is 0.238 e. The van der Waals surface area contributed by atoms with E-state index in [-0.39, 0.29) is 34.8 Å². The van der Waals surface area contributed by atoms with Crippen molar-refractivity contribution < 1.29 is 22.7 Å². The van der Waals surface area contributed by atoms with Gasteiger partial charge in [0.2, 0.25) is 15.9 Å². The summed E-state index contributed by atoms with van der Waals surface area (Å²) < 4.78 is 29.1. The summed E-state index contributed by atoms with van der Waals surface area (Å²) in [5.74, 6) is 0.182. The number of sulfonamides is 1. The predicted molar refractivity (Wildman–Crippen MR) is 141 cm³/mol. The number of hydrogen-bond acceptors (Lipinski definition) is 5. The van der Waals surface area contributed by atoms with Crippen molar-refractivity contribution in [3.63, 3.8) is 0 Å². The molecule has 0 spiro atoms. The standard InChI is InChI=1S/C29H28N2O5S/c1-2-36-23-12-8-20(9-13-23)25-18-28(33)31(22-10-14-24(15-11-22)37(30,34)35)26-16-21(17-27(32)29(25)26)19-6-4-3-5-7-19/h3-15,21,25H,2,16-18H2,1H3,(H2,30,34,35). The number of hydrogen-bond donors (Lipinski definition) is 1. The third-order valence-corrected chi connectivity index (χ3v) is 7.95. The molecule has 0 radical (unpaired) electrons. The van der Waals surface area contributed by atoms with E-state index in [1.807, 2.05) is 61.5 Å². The molecule has 7 nitrogen and oxygen atoms in total. The maximum atomic E-state index is 13.7. The first-order chi connectivity index (χ1) is 17.8. The maximum absolute atomic E-state index is 13.7. The van der Waals surface area contributed by atoms with Gasteiger partial charge in [-0.15, -0.1) is 0 Å². The molecule has 2 aliphatic rings. The van der Waals surface area contributed by atoms with E-state index in [4.69, 9.17) is 9.88 Å². The fourth-order valence-corrected chi connectivity index (χ4v) is 5.84. The molecular formula is C29H28N2O5S. The first kappa shape index (κ1) is 24.9. The molecule has 190 valence electrons. The van der Waals surface area contributed by atoms with Gasteiger partial charge in [0.15, 0.2) is 5.78 Å². The van der Waals surface area contributed by atoms with E-state index >= 15 is 0 Å². The van der Waals surface area contributed by atoms with Crippen LogP contribution >= 0.6 is 0 Å². The van der Waals surface area contributed by atoms with Crippen LogP contribution in [-0.2, 0) is 19.6 Å². The molecule has 1 amide bonds. The van der Waals surface area contributed by atoms with Crippen molar-refractivity contribution in [3.05, 3.63) is 101 Å². The molecule has 3 aromatic carbocycles. The van der Waals surface area contributed by atoms with Crippen molar-refractivity contribution in [1.29, 1.82) is 0 Å².